The molecule has 23 heavy (non-hydrogen) atoms. The van der Waals surface area contributed by atoms with E-state index in [0.717, 1.165) is 37.2 Å². The van der Waals surface area contributed by atoms with E-state index in [-0.39, 0.29) is 23.1 Å². The van der Waals surface area contributed by atoms with Crippen molar-refractivity contribution in [3.05, 3.63) is 29.8 Å². The van der Waals surface area contributed by atoms with Gasteiger partial charge in [-0.2, -0.15) is 0 Å². The molecule has 0 aromatic heterocycles. The monoisotopic (exact) mass is 315 g/mol. The molecule has 5 heteroatoms. The summed E-state index contributed by atoms with van der Waals surface area (Å²) in [6, 6.07) is 7.87. The van der Waals surface area contributed by atoms with Gasteiger partial charge in [0.05, 0.1) is 0 Å². The van der Waals surface area contributed by atoms with Crippen molar-refractivity contribution in [2.45, 2.75) is 32.6 Å². The number of rotatable bonds is 4. The minimum Gasteiger partial charge on any atom is -0.342 e. The molecule has 1 aromatic rings. The zero-order valence-electron chi connectivity index (χ0n) is 13.7. The highest BCUT2D eigenvalue weighted by molar-refractivity contribution is 5.96. The SMILES string of the molecule is CC1(CN)CCN(C(=O)CCC2Cc3ccccc3NC2=O)C1. The molecule has 124 valence electrons. The predicted octanol–water partition coefficient (Wildman–Crippen LogP) is 1.77. The van der Waals surface area contributed by atoms with Gasteiger partial charge in [0.25, 0.3) is 0 Å². The predicted molar refractivity (Wildman–Crippen MR) is 89.9 cm³/mol. The van der Waals surface area contributed by atoms with Crippen LogP contribution >= 0.6 is 0 Å². The number of carbonyl (C=O) groups is 2. The molecule has 0 aliphatic carbocycles. The standard InChI is InChI=1S/C18H25N3O2/c1-18(11-19)8-9-21(12-18)16(22)7-6-14-10-13-4-2-3-5-15(13)20-17(14)23/h2-5,14H,6-12,19H2,1H3,(H,20,23). The van der Waals surface area contributed by atoms with Gasteiger partial charge in [-0.25, -0.2) is 0 Å². The van der Waals surface area contributed by atoms with Crippen LogP contribution in [0.1, 0.15) is 31.7 Å². The molecule has 0 radical (unpaired) electrons. The maximum absolute atomic E-state index is 12.4. The number of hydrogen-bond donors (Lipinski definition) is 2. The third-order valence-corrected chi connectivity index (χ3v) is 5.22. The number of anilines is 1. The Morgan fingerprint density at radius 2 is 2.22 bits per heavy atom. The molecule has 1 aromatic carbocycles. The van der Waals surface area contributed by atoms with Crippen LogP contribution in [0.5, 0.6) is 0 Å². The minimum atomic E-state index is -0.114. The first-order chi connectivity index (χ1) is 11.0. The van der Waals surface area contributed by atoms with Crippen LogP contribution in [-0.2, 0) is 16.0 Å². The highest BCUT2D eigenvalue weighted by Gasteiger charge is 2.35. The Labute approximate surface area is 137 Å². The molecule has 3 rings (SSSR count). The number of benzene rings is 1. The molecule has 0 bridgehead atoms. The molecule has 0 spiro atoms. The summed E-state index contributed by atoms with van der Waals surface area (Å²) in [6.45, 7) is 4.26. The number of para-hydroxylation sites is 1. The number of likely N-dealkylation sites (tertiary alicyclic amines) is 1. The van der Waals surface area contributed by atoms with E-state index in [2.05, 4.69) is 12.2 Å². The van der Waals surface area contributed by atoms with E-state index in [0.29, 0.717) is 19.4 Å². The highest BCUT2D eigenvalue weighted by atomic mass is 16.2. The van der Waals surface area contributed by atoms with E-state index < -0.39 is 0 Å². The molecular formula is C18H25N3O2. The van der Waals surface area contributed by atoms with Gasteiger partial charge in [-0.15, -0.1) is 0 Å². The van der Waals surface area contributed by atoms with Crippen LogP contribution in [0.15, 0.2) is 24.3 Å². The van der Waals surface area contributed by atoms with E-state index in [1.165, 1.54) is 0 Å². The van der Waals surface area contributed by atoms with Crippen LogP contribution in [0.4, 0.5) is 5.69 Å². The van der Waals surface area contributed by atoms with Crippen LogP contribution in [0.25, 0.3) is 0 Å². The first kappa shape index (κ1) is 16.0. The van der Waals surface area contributed by atoms with Crippen molar-refractivity contribution in [1.29, 1.82) is 0 Å². The molecular weight excluding hydrogens is 290 g/mol. The summed E-state index contributed by atoms with van der Waals surface area (Å²) in [6.07, 6.45) is 2.72. The first-order valence-electron chi connectivity index (χ1n) is 8.37. The lowest BCUT2D eigenvalue weighted by Crippen LogP contribution is -2.35. The molecule has 5 nitrogen and oxygen atoms in total. The van der Waals surface area contributed by atoms with Crippen molar-refractivity contribution >= 4 is 17.5 Å². The maximum Gasteiger partial charge on any atom is 0.227 e. The fourth-order valence-electron chi connectivity index (χ4n) is 3.51. The molecule has 2 aliphatic rings. The number of fused-ring (bicyclic) bond motifs is 1. The average Bonchev–Trinajstić information content (AvgIpc) is 2.96. The molecule has 2 amide bonds. The van der Waals surface area contributed by atoms with Gasteiger partial charge in [-0.05, 0) is 42.9 Å². The quantitative estimate of drug-likeness (QED) is 0.889. The number of carbonyl (C=O) groups excluding carboxylic acids is 2. The molecule has 3 N–H and O–H groups in total. The maximum atomic E-state index is 12.4. The normalized spacial score (nSPS) is 26.8. The summed E-state index contributed by atoms with van der Waals surface area (Å²) < 4.78 is 0. The van der Waals surface area contributed by atoms with Gasteiger partial charge >= 0.3 is 0 Å². The lowest BCUT2D eigenvalue weighted by molar-refractivity contribution is -0.131. The van der Waals surface area contributed by atoms with Crippen molar-refractivity contribution in [3.8, 4) is 0 Å². The summed E-state index contributed by atoms with van der Waals surface area (Å²) in [5.74, 6) is 0.0656. The van der Waals surface area contributed by atoms with Crippen molar-refractivity contribution in [2.75, 3.05) is 25.0 Å². The summed E-state index contributed by atoms with van der Waals surface area (Å²) in [7, 11) is 0. The van der Waals surface area contributed by atoms with E-state index in [1.807, 2.05) is 29.2 Å². The molecule has 2 aliphatic heterocycles. The largest absolute Gasteiger partial charge is 0.342 e. The lowest BCUT2D eigenvalue weighted by Gasteiger charge is -2.26. The number of nitrogens with one attached hydrogen (secondary N) is 1. The average molecular weight is 315 g/mol. The fourth-order valence-corrected chi connectivity index (χ4v) is 3.51. The lowest BCUT2D eigenvalue weighted by atomic mass is 9.89. The van der Waals surface area contributed by atoms with E-state index in [9.17, 15) is 9.59 Å². The van der Waals surface area contributed by atoms with Gasteiger partial charge in [0, 0.05) is 31.1 Å². The second-order valence-electron chi connectivity index (χ2n) is 7.17. The van der Waals surface area contributed by atoms with Crippen LogP contribution in [-0.4, -0.2) is 36.3 Å². The zero-order chi connectivity index (χ0) is 16.4. The van der Waals surface area contributed by atoms with E-state index in [1.54, 1.807) is 0 Å². The third-order valence-electron chi connectivity index (χ3n) is 5.22. The summed E-state index contributed by atoms with van der Waals surface area (Å²) in [4.78, 5) is 26.5. The number of amides is 2. The van der Waals surface area contributed by atoms with Gasteiger partial charge in [0.2, 0.25) is 11.8 Å². The van der Waals surface area contributed by atoms with E-state index in [4.69, 9.17) is 5.73 Å². The van der Waals surface area contributed by atoms with Crippen molar-refractivity contribution in [3.63, 3.8) is 0 Å². The van der Waals surface area contributed by atoms with Gasteiger partial charge in [-0.1, -0.05) is 25.1 Å². The van der Waals surface area contributed by atoms with Crippen molar-refractivity contribution in [1.82, 2.24) is 4.90 Å². The van der Waals surface area contributed by atoms with Gasteiger partial charge in [0.15, 0.2) is 0 Å². The minimum absolute atomic E-state index is 0.0321. The molecule has 0 saturated carbocycles. The van der Waals surface area contributed by atoms with Crippen molar-refractivity contribution in [2.24, 2.45) is 17.1 Å². The van der Waals surface area contributed by atoms with Crippen LogP contribution < -0.4 is 11.1 Å². The third kappa shape index (κ3) is 3.39. The summed E-state index contributed by atoms with van der Waals surface area (Å²) >= 11 is 0. The highest BCUT2D eigenvalue weighted by Crippen LogP contribution is 2.30. The number of hydrogen-bond acceptors (Lipinski definition) is 3. The van der Waals surface area contributed by atoms with Gasteiger partial charge in [-0.3, -0.25) is 9.59 Å². The molecule has 2 heterocycles. The molecule has 1 fully saturated rings. The Hall–Kier alpha value is -1.88. The Morgan fingerprint density at radius 1 is 1.43 bits per heavy atom. The van der Waals surface area contributed by atoms with Gasteiger partial charge < -0.3 is 16.0 Å². The number of nitrogens with zero attached hydrogens (tertiary/aromatic N) is 1. The smallest absolute Gasteiger partial charge is 0.227 e. The molecule has 1 saturated heterocycles. The van der Waals surface area contributed by atoms with Crippen LogP contribution in [0.2, 0.25) is 0 Å². The summed E-state index contributed by atoms with van der Waals surface area (Å²) in [5, 5.41) is 2.95. The Balaban J connectivity index is 1.55. The van der Waals surface area contributed by atoms with Crippen LogP contribution in [0, 0.1) is 11.3 Å². The first-order valence-corrected chi connectivity index (χ1v) is 8.37. The van der Waals surface area contributed by atoms with Crippen LogP contribution in [0.3, 0.4) is 0 Å². The summed E-state index contributed by atoms with van der Waals surface area (Å²) in [5.41, 5.74) is 7.90. The zero-order valence-corrected chi connectivity index (χ0v) is 13.7. The number of nitrogens with two attached hydrogens (primary N) is 1. The van der Waals surface area contributed by atoms with E-state index >= 15 is 0 Å². The second-order valence-corrected chi connectivity index (χ2v) is 7.17. The molecule has 2 atom stereocenters. The Kier molecular flexibility index (Phi) is 4.39. The Bertz CT molecular complexity index is 616. The van der Waals surface area contributed by atoms with Crippen molar-refractivity contribution < 1.29 is 9.59 Å². The molecule has 2 unspecified atom stereocenters. The second kappa shape index (κ2) is 6.32. The fraction of sp³-hybridized carbons (Fsp3) is 0.556. The van der Waals surface area contributed by atoms with Gasteiger partial charge in [0.1, 0.15) is 0 Å². The Morgan fingerprint density at radius 3 is 2.96 bits per heavy atom. The topological polar surface area (TPSA) is 75.4 Å².